The van der Waals surface area contributed by atoms with Gasteiger partial charge in [-0.05, 0) is 43.7 Å². The van der Waals surface area contributed by atoms with Gasteiger partial charge in [-0.1, -0.05) is 11.6 Å². The quantitative estimate of drug-likeness (QED) is 0.908. The first-order valence-corrected chi connectivity index (χ1v) is 8.64. The summed E-state index contributed by atoms with van der Waals surface area (Å²) in [6.07, 6.45) is 5.04. The zero-order valence-electron chi connectivity index (χ0n) is 12.1. The number of carbonyl (C=O) groups excluding carboxylic acids is 1. The molecule has 0 aliphatic carbocycles. The largest absolute Gasteiger partial charge is 0.343 e. The third-order valence-electron chi connectivity index (χ3n) is 4.72. The van der Waals surface area contributed by atoms with E-state index in [9.17, 15) is 4.79 Å². The van der Waals surface area contributed by atoms with E-state index in [0.29, 0.717) is 17.7 Å². The lowest BCUT2D eigenvalue weighted by atomic mass is 9.78. The first-order chi connectivity index (χ1) is 9.67. The normalized spacial score (nSPS) is 20.5. The topological polar surface area (TPSA) is 32.3 Å². The predicted octanol–water partition coefficient (Wildman–Crippen LogP) is 3.36. The number of hydrogen-bond donors (Lipinski definition) is 1. The number of amides is 1. The molecule has 2 aliphatic heterocycles. The van der Waals surface area contributed by atoms with E-state index in [4.69, 9.17) is 11.6 Å². The Balaban J connectivity index is 0.00000161. The van der Waals surface area contributed by atoms with Crippen molar-refractivity contribution in [3.63, 3.8) is 0 Å². The monoisotopic (exact) mass is 348 g/mol. The van der Waals surface area contributed by atoms with E-state index < -0.39 is 0 Å². The molecule has 6 heteroatoms. The van der Waals surface area contributed by atoms with Crippen LogP contribution < -0.4 is 5.32 Å². The van der Waals surface area contributed by atoms with Crippen LogP contribution >= 0.6 is 35.3 Å². The van der Waals surface area contributed by atoms with E-state index in [1.54, 1.807) is 11.3 Å². The molecule has 0 bridgehead atoms. The zero-order chi connectivity index (χ0) is 14.0. The summed E-state index contributed by atoms with van der Waals surface area (Å²) in [6, 6.07) is 1.97. The maximum atomic E-state index is 12.3. The lowest BCUT2D eigenvalue weighted by Crippen LogP contribution is -2.44. The predicted molar refractivity (Wildman–Crippen MR) is 90.6 cm³/mol. The number of nitrogens with one attached hydrogen (secondary N) is 1. The van der Waals surface area contributed by atoms with Crippen LogP contribution in [-0.2, 0) is 11.2 Å². The van der Waals surface area contributed by atoms with Crippen molar-refractivity contribution < 1.29 is 4.79 Å². The molecule has 1 aromatic rings. The third kappa shape index (κ3) is 4.13. The van der Waals surface area contributed by atoms with Crippen LogP contribution in [0.2, 0.25) is 5.02 Å². The molecular formula is C15H22Cl2N2OS. The van der Waals surface area contributed by atoms with Gasteiger partial charge in [0.1, 0.15) is 0 Å². The Morgan fingerprint density at radius 3 is 2.71 bits per heavy atom. The van der Waals surface area contributed by atoms with Gasteiger partial charge in [0.2, 0.25) is 5.91 Å². The molecule has 1 aromatic heterocycles. The van der Waals surface area contributed by atoms with Gasteiger partial charge in [0.15, 0.2) is 0 Å². The summed E-state index contributed by atoms with van der Waals surface area (Å²) in [5.41, 5.74) is 0.484. The highest BCUT2D eigenvalue weighted by Crippen LogP contribution is 2.37. The number of carbonyl (C=O) groups is 1. The maximum Gasteiger partial charge on any atom is 0.222 e. The minimum absolute atomic E-state index is 0. The van der Waals surface area contributed by atoms with Crippen LogP contribution in [0.25, 0.3) is 0 Å². The molecule has 3 rings (SSSR count). The standard InChI is InChI=1S/C15H21ClN2OS.ClH/c16-12-9-13(20-10-12)1-2-14(19)18-7-4-15(5-8-18)3-6-17-11-15;/h9-10,17H,1-8,11H2;1H. The van der Waals surface area contributed by atoms with E-state index in [1.165, 1.54) is 11.3 Å². The van der Waals surface area contributed by atoms with E-state index in [1.807, 2.05) is 11.4 Å². The molecule has 0 radical (unpaired) electrons. The Morgan fingerprint density at radius 2 is 2.14 bits per heavy atom. The third-order valence-corrected chi connectivity index (χ3v) is 6.06. The molecule has 118 valence electrons. The molecule has 21 heavy (non-hydrogen) atoms. The smallest absolute Gasteiger partial charge is 0.222 e. The van der Waals surface area contributed by atoms with Crippen molar-refractivity contribution in [2.24, 2.45) is 5.41 Å². The molecule has 3 heterocycles. The summed E-state index contributed by atoms with van der Waals surface area (Å²) < 4.78 is 0. The van der Waals surface area contributed by atoms with Gasteiger partial charge in [-0.25, -0.2) is 0 Å². The second-order valence-corrected chi connectivity index (χ2v) is 7.47. The summed E-state index contributed by atoms with van der Waals surface area (Å²) >= 11 is 7.55. The summed E-state index contributed by atoms with van der Waals surface area (Å²) in [5.74, 6) is 0.301. The summed E-state index contributed by atoms with van der Waals surface area (Å²) in [6.45, 7) is 4.16. The number of piperidine rings is 1. The molecule has 0 atom stereocenters. The van der Waals surface area contributed by atoms with E-state index >= 15 is 0 Å². The van der Waals surface area contributed by atoms with Gasteiger partial charge >= 0.3 is 0 Å². The minimum atomic E-state index is 0. The molecule has 1 N–H and O–H groups in total. The van der Waals surface area contributed by atoms with Crippen molar-refractivity contribution in [3.05, 3.63) is 21.3 Å². The Kier molecular flexibility index (Phi) is 5.95. The number of likely N-dealkylation sites (tertiary alicyclic amines) is 1. The van der Waals surface area contributed by atoms with Crippen LogP contribution in [0, 0.1) is 5.41 Å². The average Bonchev–Trinajstić information content (AvgIpc) is 3.07. The molecule has 1 amide bonds. The average molecular weight is 349 g/mol. The van der Waals surface area contributed by atoms with Crippen LogP contribution in [0.3, 0.4) is 0 Å². The summed E-state index contributed by atoms with van der Waals surface area (Å²) in [4.78, 5) is 15.5. The van der Waals surface area contributed by atoms with Crippen molar-refractivity contribution in [2.45, 2.75) is 32.1 Å². The Bertz CT molecular complexity index is 476. The number of thiophene rings is 1. The van der Waals surface area contributed by atoms with Gasteiger partial charge in [0, 0.05) is 36.3 Å². The molecule has 2 aliphatic rings. The van der Waals surface area contributed by atoms with Crippen molar-refractivity contribution >= 4 is 41.3 Å². The van der Waals surface area contributed by atoms with Gasteiger partial charge in [-0.3, -0.25) is 4.79 Å². The fraction of sp³-hybridized carbons (Fsp3) is 0.667. The molecular weight excluding hydrogens is 327 g/mol. The summed E-state index contributed by atoms with van der Waals surface area (Å²) in [5, 5.41) is 6.17. The van der Waals surface area contributed by atoms with Gasteiger partial charge < -0.3 is 10.2 Å². The molecule has 2 fully saturated rings. The summed E-state index contributed by atoms with van der Waals surface area (Å²) in [7, 11) is 0. The number of nitrogens with zero attached hydrogens (tertiary/aromatic N) is 1. The Labute approximate surface area is 141 Å². The number of rotatable bonds is 3. The zero-order valence-corrected chi connectivity index (χ0v) is 14.5. The van der Waals surface area contributed by atoms with Crippen LogP contribution in [0.15, 0.2) is 11.4 Å². The number of hydrogen-bond acceptors (Lipinski definition) is 3. The highest BCUT2D eigenvalue weighted by Gasteiger charge is 2.37. The van der Waals surface area contributed by atoms with Crippen molar-refractivity contribution in [1.82, 2.24) is 10.2 Å². The van der Waals surface area contributed by atoms with Gasteiger partial charge in [-0.15, -0.1) is 23.7 Å². The van der Waals surface area contributed by atoms with Crippen molar-refractivity contribution in [1.29, 1.82) is 0 Å². The second kappa shape index (κ2) is 7.32. The van der Waals surface area contributed by atoms with Crippen molar-refractivity contribution in [2.75, 3.05) is 26.2 Å². The van der Waals surface area contributed by atoms with Crippen LogP contribution in [0.5, 0.6) is 0 Å². The lowest BCUT2D eigenvalue weighted by Gasteiger charge is -2.39. The van der Waals surface area contributed by atoms with Crippen LogP contribution in [0.1, 0.15) is 30.6 Å². The molecule has 0 unspecified atom stereocenters. The minimum Gasteiger partial charge on any atom is -0.343 e. The van der Waals surface area contributed by atoms with Crippen molar-refractivity contribution in [3.8, 4) is 0 Å². The highest BCUT2D eigenvalue weighted by atomic mass is 35.5. The first-order valence-electron chi connectivity index (χ1n) is 7.38. The van der Waals surface area contributed by atoms with Gasteiger partial charge in [0.05, 0.1) is 5.02 Å². The lowest BCUT2D eigenvalue weighted by molar-refractivity contribution is -0.133. The highest BCUT2D eigenvalue weighted by molar-refractivity contribution is 7.10. The number of halogens is 2. The van der Waals surface area contributed by atoms with E-state index in [0.717, 1.165) is 50.5 Å². The molecule has 0 aromatic carbocycles. The molecule has 1 spiro atoms. The Morgan fingerprint density at radius 1 is 1.38 bits per heavy atom. The van der Waals surface area contributed by atoms with E-state index in [-0.39, 0.29) is 12.4 Å². The molecule has 3 nitrogen and oxygen atoms in total. The van der Waals surface area contributed by atoms with Crippen LogP contribution in [0.4, 0.5) is 0 Å². The Hall–Kier alpha value is -0.290. The number of aryl methyl sites for hydroxylation is 1. The fourth-order valence-electron chi connectivity index (χ4n) is 3.33. The molecule has 0 saturated carbocycles. The van der Waals surface area contributed by atoms with E-state index in [2.05, 4.69) is 10.2 Å². The maximum absolute atomic E-state index is 12.3. The molecule has 2 saturated heterocycles. The van der Waals surface area contributed by atoms with Gasteiger partial charge in [0.25, 0.3) is 0 Å². The van der Waals surface area contributed by atoms with Crippen LogP contribution in [-0.4, -0.2) is 37.0 Å². The first kappa shape index (κ1) is 17.1. The van der Waals surface area contributed by atoms with Gasteiger partial charge in [-0.2, -0.15) is 0 Å². The fourth-order valence-corrected chi connectivity index (χ4v) is 4.40. The SMILES string of the molecule is Cl.O=C(CCc1cc(Cl)cs1)N1CCC2(CCNC2)CC1. The second-order valence-electron chi connectivity index (χ2n) is 6.04.